The molecule has 3 unspecified atom stereocenters. The molecule has 0 bridgehead atoms. The fourth-order valence-corrected chi connectivity index (χ4v) is 2.46. The first kappa shape index (κ1) is 12.6. The van der Waals surface area contributed by atoms with Crippen LogP contribution in [0.2, 0.25) is 0 Å². The van der Waals surface area contributed by atoms with Crippen molar-refractivity contribution in [2.24, 2.45) is 0 Å². The van der Waals surface area contributed by atoms with Crippen molar-refractivity contribution in [2.75, 3.05) is 0 Å². The summed E-state index contributed by atoms with van der Waals surface area (Å²) in [6.45, 7) is 2.05. The molecule has 1 aromatic carbocycles. The van der Waals surface area contributed by atoms with E-state index in [2.05, 4.69) is 10.2 Å². The molecule has 3 atom stereocenters. The Morgan fingerprint density at radius 1 is 1.21 bits per heavy atom. The maximum atomic E-state index is 6.34. The Hall–Kier alpha value is -1.39. The minimum absolute atomic E-state index is 0.0871. The lowest BCUT2D eigenvalue weighted by Gasteiger charge is -2.06. The van der Waals surface area contributed by atoms with Gasteiger partial charge in [0.05, 0.1) is 6.10 Å². The molecule has 0 amide bonds. The van der Waals surface area contributed by atoms with E-state index in [-0.39, 0.29) is 12.2 Å². The number of aromatic nitrogens is 2. The molecule has 0 saturated carbocycles. The van der Waals surface area contributed by atoms with Crippen LogP contribution in [0.4, 0.5) is 0 Å². The van der Waals surface area contributed by atoms with Crippen molar-refractivity contribution in [3.63, 3.8) is 0 Å². The molecule has 4 nitrogen and oxygen atoms in total. The Kier molecular flexibility index (Phi) is 3.53. The van der Waals surface area contributed by atoms with E-state index in [9.17, 15) is 0 Å². The molecule has 19 heavy (non-hydrogen) atoms. The Morgan fingerprint density at radius 2 is 2.00 bits per heavy atom. The van der Waals surface area contributed by atoms with Crippen molar-refractivity contribution in [3.8, 4) is 0 Å². The average molecular weight is 279 g/mol. The predicted octanol–water partition coefficient (Wildman–Crippen LogP) is 3.64. The highest BCUT2D eigenvalue weighted by molar-refractivity contribution is 6.22. The van der Waals surface area contributed by atoms with Crippen molar-refractivity contribution in [2.45, 2.75) is 37.4 Å². The quantitative estimate of drug-likeness (QED) is 0.804. The van der Waals surface area contributed by atoms with Crippen LogP contribution in [0.3, 0.4) is 0 Å². The zero-order chi connectivity index (χ0) is 13.2. The van der Waals surface area contributed by atoms with Crippen LogP contribution < -0.4 is 0 Å². The molecule has 1 aromatic heterocycles. The van der Waals surface area contributed by atoms with Crippen LogP contribution in [0, 0.1) is 0 Å². The van der Waals surface area contributed by atoms with Gasteiger partial charge in [0.15, 0.2) is 0 Å². The van der Waals surface area contributed by atoms with E-state index in [1.54, 1.807) is 0 Å². The van der Waals surface area contributed by atoms with Crippen LogP contribution in [0.1, 0.15) is 48.6 Å². The van der Waals surface area contributed by atoms with Crippen molar-refractivity contribution in [3.05, 3.63) is 47.7 Å². The Bertz CT molecular complexity index is 543. The standard InChI is InChI=1S/C14H15ClN2O2/c1-9-7-8-11(18-9)13-16-17-14(19-13)12(15)10-5-3-2-4-6-10/h2-6,9,11-12H,7-8H2,1H3. The normalized spacial score (nSPS) is 24.5. The van der Waals surface area contributed by atoms with Crippen LogP contribution in [-0.2, 0) is 4.74 Å². The number of nitrogens with zero attached hydrogens (tertiary/aromatic N) is 2. The maximum absolute atomic E-state index is 6.34. The fourth-order valence-electron chi connectivity index (χ4n) is 2.23. The summed E-state index contributed by atoms with van der Waals surface area (Å²) in [5, 5.41) is 7.67. The van der Waals surface area contributed by atoms with E-state index >= 15 is 0 Å². The SMILES string of the molecule is CC1CCC(c2nnc(C(Cl)c3ccccc3)o2)O1. The molecule has 1 fully saturated rings. The molecule has 5 heteroatoms. The topological polar surface area (TPSA) is 48.2 Å². The van der Waals surface area contributed by atoms with Gasteiger partial charge in [-0.2, -0.15) is 0 Å². The second-order valence-electron chi connectivity index (χ2n) is 4.76. The number of alkyl halides is 1. The lowest BCUT2D eigenvalue weighted by atomic mass is 10.1. The monoisotopic (exact) mass is 278 g/mol. The number of benzene rings is 1. The van der Waals surface area contributed by atoms with Crippen LogP contribution in [0.15, 0.2) is 34.7 Å². The van der Waals surface area contributed by atoms with E-state index in [4.69, 9.17) is 20.8 Å². The summed E-state index contributed by atoms with van der Waals surface area (Å²) in [6, 6.07) is 9.69. The third-order valence-corrected chi connectivity index (χ3v) is 3.71. The van der Waals surface area contributed by atoms with E-state index in [0.29, 0.717) is 11.8 Å². The molecular formula is C14H15ClN2O2. The van der Waals surface area contributed by atoms with Crippen LogP contribution in [0.25, 0.3) is 0 Å². The van der Waals surface area contributed by atoms with Gasteiger partial charge >= 0.3 is 0 Å². The molecule has 2 heterocycles. The van der Waals surface area contributed by atoms with Crippen LogP contribution in [-0.4, -0.2) is 16.3 Å². The molecule has 0 spiro atoms. The van der Waals surface area contributed by atoms with E-state index < -0.39 is 5.38 Å². The van der Waals surface area contributed by atoms with Gasteiger partial charge in [-0.1, -0.05) is 30.3 Å². The second kappa shape index (κ2) is 5.31. The molecule has 1 aliphatic heterocycles. The first-order valence-electron chi connectivity index (χ1n) is 6.42. The largest absolute Gasteiger partial charge is 0.420 e. The van der Waals surface area contributed by atoms with Crippen molar-refractivity contribution < 1.29 is 9.15 Å². The smallest absolute Gasteiger partial charge is 0.245 e. The van der Waals surface area contributed by atoms with Gasteiger partial charge in [0.2, 0.25) is 11.8 Å². The molecule has 2 aromatic rings. The molecule has 100 valence electrons. The molecular weight excluding hydrogens is 264 g/mol. The third-order valence-electron chi connectivity index (χ3n) is 3.27. The number of hydrogen-bond acceptors (Lipinski definition) is 4. The van der Waals surface area contributed by atoms with Gasteiger partial charge in [-0.15, -0.1) is 21.8 Å². The predicted molar refractivity (Wildman–Crippen MR) is 71.0 cm³/mol. The highest BCUT2D eigenvalue weighted by Crippen LogP contribution is 2.34. The second-order valence-corrected chi connectivity index (χ2v) is 5.20. The molecule has 1 aliphatic rings. The van der Waals surface area contributed by atoms with E-state index in [0.717, 1.165) is 18.4 Å². The molecule has 0 N–H and O–H groups in total. The molecule has 0 radical (unpaired) electrons. The van der Waals surface area contributed by atoms with Crippen molar-refractivity contribution in [1.29, 1.82) is 0 Å². The molecule has 1 saturated heterocycles. The number of ether oxygens (including phenoxy) is 1. The lowest BCUT2D eigenvalue weighted by molar-refractivity contribution is 0.0384. The number of halogens is 1. The van der Waals surface area contributed by atoms with Crippen molar-refractivity contribution >= 4 is 11.6 Å². The summed E-state index contributed by atoms with van der Waals surface area (Å²) in [5.74, 6) is 0.951. The third kappa shape index (κ3) is 2.65. The maximum Gasteiger partial charge on any atom is 0.245 e. The minimum Gasteiger partial charge on any atom is -0.420 e. The first-order chi connectivity index (χ1) is 9.24. The summed E-state index contributed by atoms with van der Waals surface area (Å²) in [5.41, 5.74) is 0.945. The Morgan fingerprint density at radius 3 is 2.68 bits per heavy atom. The van der Waals surface area contributed by atoms with Gasteiger partial charge in [-0.05, 0) is 25.3 Å². The van der Waals surface area contributed by atoms with Gasteiger partial charge in [-0.25, -0.2) is 0 Å². The van der Waals surface area contributed by atoms with Gasteiger partial charge < -0.3 is 9.15 Å². The van der Waals surface area contributed by atoms with Crippen LogP contribution >= 0.6 is 11.6 Å². The van der Waals surface area contributed by atoms with Gasteiger partial charge in [-0.3, -0.25) is 0 Å². The zero-order valence-corrected chi connectivity index (χ0v) is 11.4. The molecule has 3 rings (SSSR count). The van der Waals surface area contributed by atoms with Crippen LogP contribution in [0.5, 0.6) is 0 Å². The Labute approximate surface area is 116 Å². The lowest BCUT2D eigenvalue weighted by Crippen LogP contribution is -2.01. The van der Waals surface area contributed by atoms with E-state index in [1.165, 1.54) is 0 Å². The summed E-state index contributed by atoms with van der Waals surface area (Å²) in [7, 11) is 0. The first-order valence-corrected chi connectivity index (χ1v) is 6.85. The Balaban J connectivity index is 1.78. The summed E-state index contributed by atoms with van der Waals surface area (Å²) >= 11 is 6.34. The minimum atomic E-state index is -0.415. The molecule has 0 aliphatic carbocycles. The number of rotatable bonds is 3. The zero-order valence-electron chi connectivity index (χ0n) is 10.6. The summed E-state index contributed by atoms with van der Waals surface area (Å²) in [6.07, 6.45) is 2.10. The average Bonchev–Trinajstić information content (AvgIpc) is 3.07. The van der Waals surface area contributed by atoms with E-state index in [1.807, 2.05) is 37.3 Å². The number of hydrogen-bond donors (Lipinski definition) is 0. The van der Waals surface area contributed by atoms with Gasteiger partial charge in [0.1, 0.15) is 11.5 Å². The highest BCUT2D eigenvalue weighted by Gasteiger charge is 2.29. The fraction of sp³-hybridized carbons (Fsp3) is 0.429. The van der Waals surface area contributed by atoms with Gasteiger partial charge in [0, 0.05) is 0 Å². The van der Waals surface area contributed by atoms with Gasteiger partial charge in [0.25, 0.3) is 0 Å². The van der Waals surface area contributed by atoms with Crippen molar-refractivity contribution in [1.82, 2.24) is 10.2 Å². The summed E-state index contributed by atoms with van der Waals surface area (Å²) < 4.78 is 11.4. The highest BCUT2D eigenvalue weighted by atomic mass is 35.5. The summed E-state index contributed by atoms with van der Waals surface area (Å²) in [4.78, 5) is 0.